The van der Waals surface area contributed by atoms with Crippen LogP contribution in [0.15, 0.2) is 34.0 Å². The number of nitrogens with zero attached hydrogens (tertiary/aromatic N) is 2. The molecule has 1 aromatic carbocycles. The summed E-state index contributed by atoms with van der Waals surface area (Å²) in [6, 6.07) is 7.73. The van der Waals surface area contributed by atoms with Crippen LogP contribution in [0.1, 0.15) is 50.8 Å². The highest BCUT2D eigenvalue weighted by Crippen LogP contribution is 2.23. The maximum atomic E-state index is 12.6. The van der Waals surface area contributed by atoms with Crippen LogP contribution in [0.25, 0.3) is 0 Å². The minimum absolute atomic E-state index is 0.0583. The van der Waals surface area contributed by atoms with E-state index in [9.17, 15) is 9.59 Å². The van der Waals surface area contributed by atoms with E-state index >= 15 is 0 Å². The lowest BCUT2D eigenvalue weighted by Gasteiger charge is -2.22. The zero-order chi connectivity index (χ0) is 21.1. The molecule has 0 bridgehead atoms. The van der Waals surface area contributed by atoms with Gasteiger partial charge in [-0.25, -0.2) is 4.98 Å². The number of thiazole rings is 1. The number of hydrogen-bond donors (Lipinski definition) is 1. The van der Waals surface area contributed by atoms with Gasteiger partial charge in [-0.3, -0.25) is 9.59 Å². The van der Waals surface area contributed by atoms with Crippen molar-refractivity contribution in [1.29, 1.82) is 0 Å². The van der Waals surface area contributed by atoms with Crippen molar-refractivity contribution in [3.8, 4) is 0 Å². The maximum Gasteiger partial charge on any atom is 0.234 e. The number of nitrogens with one attached hydrogen (secondary N) is 1. The third-order valence-electron chi connectivity index (χ3n) is 4.44. The van der Waals surface area contributed by atoms with E-state index in [1.54, 1.807) is 0 Å². The molecule has 2 amide bonds. The van der Waals surface area contributed by atoms with Gasteiger partial charge in [0.1, 0.15) is 0 Å². The van der Waals surface area contributed by atoms with Crippen molar-refractivity contribution in [1.82, 2.24) is 9.88 Å². The monoisotopic (exact) mass is 433 g/mol. The van der Waals surface area contributed by atoms with Crippen LogP contribution in [0.2, 0.25) is 0 Å². The highest BCUT2D eigenvalue weighted by atomic mass is 32.2. The molecule has 1 N–H and O–H groups in total. The number of aromatic nitrogens is 1. The smallest absolute Gasteiger partial charge is 0.234 e. The van der Waals surface area contributed by atoms with E-state index in [1.807, 2.05) is 41.5 Å². The summed E-state index contributed by atoms with van der Waals surface area (Å²) in [7, 11) is 0. The summed E-state index contributed by atoms with van der Waals surface area (Å²) in [4.78, 5) is 31.3. The quantitative estimate of drug-likeness (QED) is 0.470. The van der Waals surface area contributed by atoms with E-state index in [2.05, 4.69) is 24.1 Å². The lowest BCUT2D eigenvalue weighted by atomic mass is 10.2. The molecule has 0 spiro atoms. The first-order valence-electron chi connectivity index (χ1n) is 10.2. The summed E-state index contributed by atoms with van der Waals surface area (Å²) in [5.41, 5.74) is 2.75. The van der Waals surface area contributed by atoms with Gasteiger partial charge in [-0.05, 0) is 31.9 Å². The molecule has 0 unspecified atom stereocenters. The Hall–Kier alpha value is -1.86. The summed E-state index contributed by atoms with van der Waals surface area (Å²) in [6.07, 6.45) is 4.56. The molecule has 5 nitrogen and oxygen atoms in total. The fraction of sp³-hybridized carbons (Fsp3) is 0.500. The summed E-state index contributed by atoms with van der Waals surface area (Å²) in [5.74, 6) is 0.385. The molecule has 0 atom stereocenters. The van der Waals surface area contributed by atoms with Crippen molar-refractivity contribution in [2.45, 2.75) is 57.2 Å². The SMILES string of the molecule is CCCCN(CCCC)C(=O)Cc1csc(SCC(=O)Nc2ccc(C)cc2)n1. The number of carbonyl (C=O) groups excluding carboxylic acids is 2. The van der Waals surface area contributed by atoms with Crippen LogP contribution in [0.4, 0.5) is 5.69 Å². The predicted molar refractivity (Wildman–Crippen MR) is 123 cm³/mol. The van der Waals surface area contributed by atoms with E-state index in [0.29, 0.717) is 12.2 Å². The standard InChI is InChI=1S/C22H31N3O2S2/c1-4-6-12-25(13-7-5-2)21(27)14-19-15-28-22(24-19)29-16-20(26)23-18-10-8-17(3)9-11-18/h8-11,15H,4-7,12-14,16H2,1-3H3,(H,23,26). The summed E-state index contributed by atoms with van der Waals surface area (Å²) in [6.45, 7) is 7.93. The number of unbranched alkanes of at least 4 members (excludes halogenated alkanes) is 2. The van der Waals surface area contributed by atoms with Crippen LogP contribution in [0.5, 0.6) is 0 Å². The van der Waals surface area contributed by atoms with E-state index in [1.165, 1.54) is 23.1 Å². The van der Waals surface area contributed by atoms with Gasteiger partial charge < -0.3 is 10.2 Å². The predicted octanol–water partition coefficient (Wildman–Crippen LogP) is 5.15. The van der Waals surface area contributed by atoms with Crippen LogP contribution in [-0.4, -0.2) is 40.5 Å². The minimum Gasteiger partial charge on any atom is -0.342 e. The molecule has 29 heavy (non-hydrogen) atoms. The van der Waals surface area contributed by atoms with Gasteiger partial charge in [0.15, 0.2) is 4.34 Å². The minimum atomic E-state index is -0.0583. The zero-order valence-corrected chi connectivity index (χ0v) is 19.2. The largest absolute Gasteiger partial charge is 0.342 e. The van der Waals surface area contributed by atoms with E-state index in [0.717, 1.165) is 60.1 Å². The topological polar surface area (TPSA) is 62.3 Å². The summed E-state index contributed by atoms with van der Waals surface area (Å²) >= 11 is 2.90. The van der Waals surface area contributed by atoms with Crippen LogP contribution in [0.3, 0.4) is 0 Å². The molecule has 0 aliphatic heterocycles. The van der Waals surface area contributed by atoms with E-state index in [-0.39, 0.29) is 11.8 Å². The Morgan fingerprint density at radius 2 is 1.76 bits per heavy atom. The normalized spacial score (nSPS) is 10.7. The molecule has 0 radical (unpaired) electrons. The van der Waals surface area contributed by atoms with Gasteiger partial charge in [-0.2, -0.15) is 0 Å². The Morgan fingerprint density at radius 3 is 2.38 bits per heavy atom. The first kappa shape index (κ1) is 23.4. The number of rotatable bonds is 12. The van der Waals surface area contributed by atoms with Crippen molar-refractivity contribution >= 4 is 40.6 Å². The van der Waals surface area contributed by atoms with Gasteiger partial charge in [0.2, 0.25) is 11.8 Å². The van der Waals surface area contributed by atoms with Crippen LogP contribution in [-0.2, 0) is 16.0 Å². The Bertz CT molecular complexity index is 767. The Balaban J connectivity index is 1.82. The fourth-order valence-corrected chi connectivity index (χ4v) is 4.37. The van der Waals surface area contributed by atoms with Crippen molar-refractivity contribution in [2.24, 2.45) is 0 Å². The molecule has 0 aliphatic carbocycles. The van der Waals surface area contributed by atoms with Gasteiger partial charge in [-0.15, -0.1) is 11.3 Å². The average Bonchev–Trinajstić information content (AvgIpc) is 3.15. The second-order valence-corrected chi connectivity index (χ2v) is 9.15. The molecule has 0 saturated carbocycles. The molecule has 0 fully saturated rings. The first-order valence-corrected chi connectivity index (χ1v) is 12.1. The molecule has 2 aromatic rings. The number of carbonyl (C=O) groups is 2. The Morgan fingerprint density at radius 1 is 1.10 bits per heavy atom. The lowest BCUT2D eigenvalue weighted by molar-refractivity contribution is -0.130. The highest BCUT2D eigenvalue weighted by Gasteiger charge is 2.15. The molecule has 158 valence electrons. The number of hydrogen-bond acceptors (Lipinski definition) is 5. The molecule has 0 saturated heterocycles. The van der Waals surface area contributed by atoms with Gasteiger partial charge in [0.25, 0.3) is 0 Å². The number of benzene rings is 1. The Kier molecular flexibility index (Phi) is 10.2. The average molecular weight is 434 g/mol. The van der Waals surface area contributed by atoms with Gasteiger partial charge >= 0.3 is 0 Å². The number of thioether (sulfide) groups is 1. The third-order valence-corrected chi connectivity index (χ3v) is 6.51. The molecular formula is C22H31N3O2S2. The van der Waals surface area contributed by atoms with Crippen molar-refractivity contribution < 1.29 is 9.59 Å². The second-order valence-electron chi connectivity index (χ2n) is 7.07. The van der Waals surface area contributed by atoms with Crippen molar-refractivity contribution in [3.05, 3.63) is 40.9 Å². The van der Waals surface area contributed by atoms with E-state index < -0.39 is 0 Å². The molecule has 1 heterocycles. The second kappa shape index (κ2) is 12.6. The van der Waals surface area contributed by atoms with Gasteiger partial charge in [0.05, 0.1) is 17.9 Å². The number of aryl methyl sites for hydroxylation is 1. The first-order chi connectivity index (χ1) is 14.0. The molecule has 7 heteroatoms. The zero-order valence-electron chi connectivity index (χ0n) is 17.6. The van der Waals surface area contributed by atoms with Crippen molar-refractivity contribution in [3.63, 3.8) is 0 Å². The van der Waals surface area contributed by atoms with Crippen LogP contribution in [0, 0.1) is 6.92 Å². The summed E-state index contributed by atoms with van der Waals surface area (Å²) in [5, 5.41) is 4.82. The summed E-state index contributed by atoms with van der Waals surface area (Å²) < 4.78 is 0.820. The number of anilines is 1. The van der Waals surface area contributed by atoms with E-state index in [4.69, 9.17) is 0 Å². The molecule has 1 aromatic heterocycles. The maximum absolute atomic E-state index is 12.6. The van der Waals surface area contributed by atoms with Crippen LogP contribution < -0.4 is 5.32 Å². The van der Waals surface area contributed by atoms with Crippen LogP contribution >= 0.6 is 23.1 Å². The molecule has 2 rings (SSSR count). The Labute approximate surface area is 182 Å². The van der Waals surface area contributed by atoms with Crippen molar-refractivity contribution in [2.75, 3.05) is 24.2 Å². The highest BCUT2D eigenvalue weighted by molar-refractivity contribution is 8.01. The van der Waals surface area contributed by atoms with Gasteiger partial charge in [0, 0.05) is 24.2 Å². The number of amides is 2. The molecule has 0 aliphatic rings. The fourth-order valence-electron chi connectivity index (χ4n) is 2.72. The molecular weight excluding hydrogens is 402 g/mol. The third kappa shape index (κ3) is 8.58. The lowest BCUT2D eigenvalue weighted by Crippen LogP contribution is -2.34. The van der Waals surface area contributed by atoms with Gasteiger partial charge in [-0.1, -0.05) is 56.1 Å².